The maximum Gasteiger partial charge on any atom is 0.243 e. The first-order valence-corrected chi connectivity index (χ1v) is 12.8. The molecule has 2 fully saturated rings. The van der Waals surface area contributed by atoms with E-state index in [1.165, 1.54) is 16.4 Å². The molecule has 2 aromatic carbocycles. The number of ether oxygens (including phenoxy) is 1. The van der Waals surface area contributed by atoms with E-state index in [4.69, 9.17) is 4.74 Å². The SMILES string of the molecule is COc1ccc(C(CNC(=O)C2CCCN2S(=O)(=O)c2ccc(F)cc2)N2CCCC2)cc1. The Morgan fingerprint density at radius 3 is 2.36 bits per heavy atom. The van der Waals surface area contributed by atoms with Crippen LogP contribution in [0, 0.1) is 5.82 Å². The molecule has 0 spiro atoms. The summed E-state index contributed by atoms with van der Waals surface area (Å²) >= 11 is 0. The highest BCUT2D eigenvalue weighted by Gasteiger charge is 2.39. The van der Waals surface area contributed by atoms with Gasteiger partial charge in [-0.15, -0.1) is 0 Å². The second kappa shape index (κ2) is 10.2. The molecule has 4 rings (SSSR count). The van der Waals surface area contributed by atoms with Crippen molar-refractivity contribution in [1.82, 2.24) is 14.5 Å². The van der Waals surface area contributed by atoms with Gasteiger partial charge in [0.25, 0.3) is 0 Å². The fourth-order valence-electron chi connectivity index (χ4n) is 4.68. The van der Waals surface area contributed by atoms with Crippen molar-refractivity contribution in [1.29, 1.82) is 0 Å². The van der Waals surface area contributed by atoms with Crippen molar-refractivity contribution in [2.45, 2.75) is 42.7 Å². The number of nitrogens with zero attached hydrogens (tertiary/aromatic N) is 2. The lowest BCUT2D eigenvalue weighted by molar-refractivity contribution is -0.124. The van der Waals surface area contributed by atoms with Crippen LogP contribution in [-0.2, 0) is 14.8 Å². The van der Waals surface area contributed by atoms with Crippen LogP contribution >= 0.6 is 0 Å². The second-order valence-corrected chi connectivity index (χ2v) is 10.4. The molecule has 178 valence electrons. The van der Waals surface area contributed by atoms with Crippen LogP contribution in [0.15, 0.2) is 53.4 Å². The summed E-state index contributed by atoms with van der Waals surface area (Å²) in [4.78, 5) is 15.5. The zero-order valence-corrected chi connectivity index (χ0v) is 19.6. The molecule has 2 atom stereocenters. The number of halogens is 1. The van der Waals surface area contributed by atoms with E-state index in [1.54, 1.807) is 7.11 Å². The quantitative estimate of drug-likeness (QED) is 0.635. The lowest BCUT2D eigenvalue weighted by atomic mass is 10.0. The number of carbonyl (C=O) groups is 1. The lowest BCUT2D eigenvalue weighted by Gasteiger charge is -2.30. The van der Waals surface area contributed by atoms with Crippen molar-refractivity contribution >= 4 is 15.9 Å². The number of carbonyl (C=O) groups excluding carboxylic acids is 1. The maximum atomic E-state index is 13.3. The van der Waals surface area contributed by atoms with Crippen molar-refractivity contribution < 1.29 is 22.3 Å². The zero-order valence-electron chi connectivity index (χ0n) is 18.7. The minimum Gasteiger partial charge on any atom is -0.497 e. The lowest BCUT2D eigenvalue weighted by Crippen LogP contribution is -2.47. The normalized spacial score (nSPS) is 20.6. The van der Waals surface area contributed by atoms with Crippen molar-refractivity contribution in [3.8, 4) is 5.75 Å². The number of rotatable bonds is 8. The Labute approximate surface area is 194 Å². The molecule has 33 heavy (non-hydrogen) atoms. The van der Waals surface area contributed by atoms with E-state index in [0.717, 1.165) is 49.4 Å². The Morgan fingerprint density at radius 2 is 1.73 bits per heavy atom. The largest absolute Gasteiger partial charge is 0.497 e. The number of benzene rings is 2. The topological polar surface area (TPSA) is 79.0 Å². The van der Waals surface area contributed by atoms with Gasteiger partial charge in [0, 0.05) is 13.1 Å². The summed E-state index contributed by atoms with van der Waals surface area (Å²) in [6.07, 6.45) is 3.30. The highest BCUT2D eigenvalue weighted by Crippen LogP contribution is 2.28. The van der Waals surface area contributed by atoms with Gasteiger partial charge < -0.3 is 10.1 Å². The Hall–Kier alpha value is -2.49. The van der Waals surface area contributed by atoms with Crippen LogP contribution in [0.3, 0.4) is 0 Å². The van der Waals surface area contributed by atoms with E-state index in [2.05, 4.69) is 10.2 Å². The number of nitrogens with one attached hydrogen (secondary N) is 1. The van der Waals surface area contributed by atoms with E-state index in [0.29, 0.717) is 19.4 Å². The molecule has 2 heterocycles. The molecule has 2 saturated heterocycles. The molecule has 2 unspecified atom stereocenters. The number of methoxy groups -OCH3 is 1. The highest BCUT2D eigenvalue weighted by molar-refractivity contribution is 7.89. The summed E-state index contributed by atoms with van der Waals surface area (Å²) < 4.78 is 46.0. The van der Waals surface area contributed by atoms with E-state index in [-0.39, 0.29) is 23.4 Å². The fourth-order valence-corrected chi connectivity index (χ4v) is 6.34. The van der Waals surface area contributed by atoms with Gasteiger partial charge in [-0.2, -0.15) is 4.31 Å². The van der Waals surface area contributed by atoms with E-state index >= 15 is 0 Å². The molecule has 1 N–H and O–H groups in total. The van der Waals surface area contributed by atoms with Crippen molar-refractivity contribution in [3.05, 3.63) is 59.9 Å². The van der Waals surface area contributed by atoms with Gasteiger partial charge in [-0.1, -0.05) is 12.1 Å². The molecule has 7 nitrogen and oxygen atoms in total. The van der Waals surface area contributed by atoms with Crippen LogP contribution in [0.2, 0.25) is 0 Å². The predicted octanol–water partition coefficient (Wildman–Crippen LogP) is 2.94. The van der Waals surface area contributed by atoms with Crippen molar-refractivity contribution in [2.24, 2.45) is 0 Å². The van der Waals surface area contributed by atoms with Gasteiger partial charge >= 0.3 is 0 Å². The first kappa shape index (κ1) is 23.7. The molecule has 0 bridgehead atoms. The number of amides is 1. The maximum absolute atomic E-state index is 13.3. The molecular formula is C24H30FN3O4S. The molecule has 0 aromatic heterocycles. The summed E-state index contributed by atoms with van der Waals surface area (Å²) in [6, 6.07) is 11.8. The van der Waals surface area contributed by atoms with Gasteiger partial charge in [0.05, 0.1) is 18.0 Å². The Morgan fingerprint density at radius 1 is 1.06 bits per heavy atom. The standard InChI is InChI=1S/C24H30FN3O4S/c1-32-20-10-6-18(7-11-20)23(27-14-2-3-15-27)17-26-24(29)22-5-4-16-28(22)33(30,31)21-12-8-19(25)9-13-21/h6-13,22-23H,2-5,14-17H2,1H3,(H,26,29). The zero-order chi connectivity index (χ0) is 23.4. The van der Waals surface area contributed by atoms with Gasteiger partial charge in [0.2, 0.25) is 15.9 Å². The van der Waals surface area contributed by atoms with Crippen molar-refractivity contribution in [3.63, 3.8) is 0 Å². The van der Waals surface area contributed by atoms with Crippen LogP contribution in [0.4, 0.5) is 4.39 Å². The van der Waals surface area contributed by atoms with Crippen LogP contribution in [0.25, 0.3) is 0 Å². The third kappa shape index (κ3) is 5.20. The van der Waals surface area contributed by atoms with Crippen LogP contribution < -0.4 is 10.1 Å². The second-order valence-electron chi connectivity index (χ2n) is 8.50. The van der Waals surface area contributed by atoms with E-state index in [9.17, 15) is 17.6 Å². The third-order valence-corrected chi connectivity index (χ3v) is 8.40. The van der Waals surface area contributed by atoms with Gasteiger partial charge in [0.1, 0.15) is 17.6 Å². The molecular weight excluding hydrogens is 445 g/mol. The molecule has 0 aliphatic carbocycles. The van der Waals surface area contributed by atoms with Gasteiger partial charge in [0.15, 0.2) is 0 Å². The monoisotopic (exact) mass is 475 g/mol. The minimum atomic E-state index is -3.88. The number of hydrogen-bond acceptors (Lipinski definition) is 5. The minimum absolute atomic E-state index is 0.00299. The molecule has 2 aliphatic rings. The van der Waals surface area contributed by atoms with Crippen LogP contribution in [-0.4, -0.2) is 62.9 Å². The van der Waals surface area contributed by atoms with Gasteiger partial charge in [-0.3, -0.25) is 9.69 Å². The Bertz CT molecular complexity index is 1050. The summed E-state index contributed by atoms with van der Waals surface area (Å²) in [7, 11) is -2.26. The molecule has 0 radical (unpaired) electrons. The van der Waals surface area contributed by atoms with Crippen LogP contribution in [0.5, 0.6) is 5.75 Å². The molecule has 2 aliphatic heterocycles. The van der Waals surface area contributed by atoms with E-state index < -0.39 is 21.9 Å². The Kier molecular flexibility index (Phi) is 7.31. The Balaban J connectivity index is 1.47. The number of sulfonamides is 1. The predicted molar refractivity (Wildman–Crippen MR) is 123 cm³/mol. The summed E-state index contributed by atoms with van der Waals surface area (Å²) in [6.45, 7) is 2.58. The smallest absolute Gasteiger partial charge is 0.243 e. The van der Waals surface area contributed by atoms with E-state index in [1.807, 2.05) is 24.3 Å². The van der Waals surface area contributed by atoms with Crippen molar-refractivity contribution in [2.75, 3.05) is 33.3 Å². The summed E-state index contributed by atoms with van der Waals surface area (Å²) in [5.41, 5.74) is 1.08. The van der Waals surface area contributed by atoms with Crippen LogP contribution in [0.1, 0.15) is 37.3 Å². The molecule has 1 amide bonds. The molecule has 0 saturated carbocycles. The van der Waals surface area contributed by atoms with Gasteiger partial charge in [-0.25, -0.2) is 12.8 Å². The number of likely N-dealkylation sites (tertiary alicyclic amines) is 1. The number of hydrogen-bond donors (Lipinski definition) is 1. The highest BCUT2D eigenvalue weighted by atomic mass is 32.2. The average molecular weight is 476 g/mol. The molecule has 9 heteroatoms. The summed E-state index contributed by atoms with van der Waals surface area (Å²) in [5.74, 6) is -0.0254. The van der Waals surface area contributed by atoms with Gasteiger partial charge in [-0.05, 0) is 80.7 Å². The first-order valence-electron chi connectivity index (χ1n) is 11.3. The summed E-state index contributed by atoms with van der Waals surface area (Å²) in [5, 5.41) is 3.01. The third-order valence-electron chi connectivity index (χ3n) is 6.48. The molecule has 2 aromatic rings. The first-order chi connectivity index (χ1) is 15.9. The average Bonchev–Trinajstić information content (AvgIpc) is 3.53. The fraction of sp³-hybridized carbons (Fsp3) is 0.458.